The van der Waals surface area contributed by atoms with Crippen LogP contribution in [0.2, 0.25) is 0 Å². The number of hydrogen-bond donors (Lipinski definition) is 0. The van der Waals surface area contributed by atoms with Crippen molar-refractivity contribution in [2.75, 3.05) is 74.6 Å². The van der Waals surface area contributed by atoms with Gasteiger partial charge in [-0.1, -0.05) is 0 Å². The monoisotopic (exact) mass is 295 g/mol. The maximum atomic E-state index is 5.48. The van der Waals surface area contributed by atoms with Crippen LogP contribution in [0.25, 0.3) is 0 Å². The molecule has 0 fully saturated rings. The maximum Gasteiger partial charge on any atom is 0.146 e. The van der Waals surface area contributed by atoms with Crippen molar-refractivity contribution in [2.24, 2.45) is 0 Å². The molecule has 0 aromatic rings. The van der Waals surface area contributed by atoms with Crippen molar-refractivity contribution in [3.05, 3.63) is 0 Å². The van der Waals surface area contributed by atoms with Gasteiger partial charge in [-0.25, -0.2) is 0 Å². The minimum Gasteiger partial charge on any atom is -0.359 e. The van der Waals surface area contributed by atoms with E-state index in [0.29, 0.717) is 33.6 Å². The largest absolute Gasteiger partial charge is 0.359 e. The highest BCUT2D eigenvalue weighted by molar-refractivity contribution is 4.62. The quantitative estimate of drug-likeness (QED) is 0.323. The predicted octanol–water partition coefficient (Wildman–Crippen LogP) is 0.538. The van der Waals surface area contributed by atoms with E-state index in [-0.39, 0.29) is 6.10 Å². The maximum absolute atomic E-state index is 5.48. The van der Waals surface area contributed by atoms with Crippen molar-refractivity contribution in [1.82, 2.24) is 4.90 Å². The predicted molar refractivity (Wildman–Crippen MR) is 74.5 cm³/mol. The Bertz CT molecular complexity index is 184. The topological polar surface area (TPSA) is 58.6 Å². The molecule has 20 heavy (non-hydrogen) atoms. The van der Waals surface area contributed by atoms with Crippen molar-refractivity contribution in [2.45, 2.75) is 13.0 Å². The molecule has 122 valence electrons. The highest BCUT2D eigenvalue weighted by Crippen LogP contribution is 1.98. The molecule has 7 nitrogen and oxygen atoms in total. The third kappa shape index (κ3) is 12.7. The van der Waals surface area contributed by atoms with Gasteiger partial charge in [0.15, 0.2) is 0 Å². The zero-order valence-corrected chi connectivity index (χ0v) is 13.1. The van der Waals surface area contributed by atoms with E-state index < -0.39 is 0 Å². The molecule has 0 amide bonds. The van der Waals surface area contributed by atoms with E-state index in [1.54, 1.807) is 21.3 Å². The zero-order valence-electron chi connectivity index (χ0n) is 13.1. The summed E-state index contributed by atoms with van der Waals surface area (Å²) in [5, 5.41) is 0. The van der Waals surface area contributed by atoms with Crippen LogP contribution in [-0.2, 0) is 28.4 Å². The van der Waals surface area contributed by atoms with Crippen molar-refractivity contribution in [1.29, 1.82) is 0 Å². The van der Waals surface area contributed by atoms with E-state index in [1.165, 1.54) is 0 Å². The lowest BCUT2D eigenvalue weighted by Gasteiger charge is -2.25. The lowest BCUT2D eigenvalue weighted by atomic mass is 10.3. The zero-order chi connectivity index (χ0) is 15.1. The summed E-state index contributed by atoms with van der Waals surface area (Å²) < 4.78 is 30.7. The highest BCUT2D eigenvalue weighted by atomic mass is 16.7. The minimum absolute atomic E-state index is 0.0831. The van der Waals surface area contributed by atoms with Gasteiger partial charge in [-0.05, 0) is 6.92 Å². The summed E-state index contributed by atoms with van der Waals surface area (Å²) in [6.07, 6.45) is 0.0831. The van der Waals surface area contributed by atoms with E-state index in [9.17, 15) is 0 Å². The molecule has 1 atom stereocenters. The molecular weight excluding hydrogens is 266 g/mol. The second-order valence-electron chi connectivity index (χ2n) is 4.31. The second-order valence-corrected chi connectivity index (χ2v) is 4.31. The number of rotatable bonds is 15. The van der Waals surface area contributed by atoms with Crippen LogP contribution in [0, 0.1) is 0 Å². The molecule has 0 spiro atoms. The summed E-state index contributed by atoms with van der Waals surface area (Å²) in [7, 11) is 4.83. The Kier molecular flexibility index (Phi) is 14.9. The van der Waals surface area contributed by atoms with Crippen molar-refractivity contribution < 1.29 is 28.4 Å². The van der Waals surface area contributed by atoms with Crippen LogP contribution in [0.4, 0.5) is 0 Å². The van der Waals surface area contributed by atoms with Crippen LogP contribution < -0.4 is 0 Å². The first-order valence-electron chi connectivity index (χ1n) is 6.70. The summed E-state index contributed by atoms with van der Waals surface area (Å²) in [4.78, 5) is 2.21. The number of methoxy groups -OCH3 is 3. The first kappa shape index (κ1) is 19.7. The fourth-order valence-electron chi connectivity index (χ4n) is 1.57. The summed E-state index contributed by atoms with van der Waals surface area (Å²) in [5.74, 6) is 0. The lowest BCUT2D eigenvalue weighted by Crippen LogP contribution is -2.37. The Labute approximate surface area is 122 Å². The van der Waals surface area contributed by atoms with Crippen molar-refractivity contribution in [3.63, 3.8) is 0 Å². The van der Waals surface area contributed by atoms with E-state index in [0.717, 1.165) is 19.6 Å². The molecule has 0 radical (unpaired) electrons. The molecule has 0 saturated heterocycles. The summed E-state index contributed by atoms with van der Waals surface area (Å²) >= 11 is 0. The fraction of sp³-hybridized carbons (Fsp3) is 1.00. The third-order valence-corrected chi connectivity index (χ3v) is 2.49. The fourth-order valence-corrected chi connectivity index (χ4v) is 1.57. The summed E-state index contributed by atoms with van der Waals surface area (Å²) in [6, 6.07) is 0. The molecule has 0 aromatic heterocycles. The Morgan fingerprint density at radius 2 is 1.30 bits per heavy atom. The van der Waals surface area contributed by atoms with E-state index in [4.69, 9.17) is 28.4 Å². The van der Waals surface area contributed by atoms with Crippen LogP contribution in [0.5, 0.6) is 0 Å². The summed E-state index contributed by atoms with van der Waals surface area (Å²) in [5.41, 5.74) is 0. The van der Waals surface area contributed by atoms with Gasteiger partial charge in [0.05, 0.1) is 19.3 Å². The molecule has 0 aromatic carbocycles. The Balaban J connectivity index is 3.89. The molecule has 0 heterocycles. The molecule has 1 unspecified atom stereocenters. The molecule has 0 aliphatic heterocycles. The number of nitrogens with zero attached hydrogens (tertiary/aromatic N) is 1. The molecule has 0 rings (SSSR count). The van der Waals surface area contributed by atoms with Gasteiger partial charge in [0.1, 0.15) is 20.4 Å². The van der Waals surface area contributed by atoms with Crippen LogP contribution in [-0.4, -0.2) is 85.6 Å². The van der Waals surface area contributed by atoms with Gasteiger partial charge in [-0.2, -0.15) is 0 Å². The molecule has 0 saturated carbocycles. The molecule has 0 N–H and O–H groups in total. The van der Waals surface area contributed by atoms with Gasteiger partial charge in [0, 0.05) is 41.0 Å². The van der Waals surface area contributed by atoms with Crippen LogP contribution >= 0.6 is 0 Å². The number of ether oxygens (including phenoxy) is 6. The minimum atomic E-state index is 0.0831. The van der Waals surface area contributed by atoms with Crippen LogP contribution in [0.1, 0.15) is 6.92 Å². The van der Waals surface area contributed by atoms with Gasteiger partial charge in [0.2, 0.25) is 0 Å². The Morgan fingerprint density at radius 3 is 1.75 bits per heavy atom. The smallest absolute Gasteiger partial charge is 0.146 e. The van der Waals surface area contributed by atoms with Crippen LogP contribution in [0.3, 0.4) is 0 Å². The average molecular weight is 295 g/mol. The normalized spacial score (nSPS) is 13.1. The molecule has 0 aliphatic rings. The second kappa shape index (κ2) is 15.1. The number of hydrogen-bond acceptors (Lipinski definition) is 7. The summed E-state index contributed by atoms with van der Waals surface area (Å²) in [6.45, 7) is 6.52. The first-order chi connectivity index (χ1) is 9.74. The Hall–Kier alpha value is -0.280. The van der Waals surface area contributed by atoms with E-state index >= 15 is 0 Å². The lowest BCUT2D eigenvalue weighted by molar-refractivity contribution is -0.0828. The van der Waals surface area contributed by atoms with Crippen molar-refractivity contribution >= 4 is 0 Å². The highest BCUT2D eigenvalue weighted by Gasteiger charge is 2.10. The van der Waals surface area contributed by atoms with Gasteiger partial charge in [-0.15, -0.1) is 0 Å². The Morgan fingerprint density at radius 1 is 0.800 bits per heavy atom. The molecule has 0 aliphatic carbocycles. The van der Waals surface area contributed by atoms with Gasteiger partial charge in [-0.3, -0.25) is 4.90 Å². The standard InChI is InChI=1S/C13H29NO6/c1-13(20-12-17-4)9-14(5-7-18-10-15-2)6-8-19-11-16-3/h13H,5-12H2,1-4H3. The van der Waals surface area contributed by atoms with Gasteiger partial charge in [0.25, 0.3) is 0 Å². The van der Waals surface area contributed by atoms with Gasteiger partial charge >= 0.3 is 0 Å². The van der Waals surface area contributed by atoms with E-state index in [1.807, 2.05) is 6.92 Å². The van der Waals surface area contributed by atoms with E-state index in [2.05, 4.69) is 4.90 Å². The SMILES string of the molecule is COCOCCN(CCOCOC)CC(C)OCOC. The molecule has 0 bridgehead atoms. The molecule has 7 heteroatoms. The average Bonchev–Trinajstić information content (AvgIpc) is 2.45. The third-order valence-electron chi connectivity index (χ3n) is 2.49. The first-order valence-corrected chi connectivity index (χ1v) is 6.70. The van der Waals surface area contributed by atoms with Crippen LogP contribution in [0.15, 0.2) is 0 Å². The van der Waals surface area contributed by atoms with Gasteiger partial charge < -0.3 is 28.4 Å². The van der Waals surface area contributed by atoms with Crippen molar-refractivity contribution in [3.8, 4) is 0 Å². The molecular formula is C13H29NO6.